The second-order valence-corrected chi connectivity index (χ2v) is 20.3. The molecule has 260 valence electrons. The van der Waals surface area contributed by atoms with Crippen LogP contribution in [0.15, 0.2) is 0 Å². The van der Waals surface area contributed by atoms with Gasteiger partial charge in [0.15, 0.2) is 0 Å². The van der Waals surface area contributed by atoms with E-state index < -0.39 is 5.69 Å². The number of thioether (sulfide) groups is 2. The Morgan fingerprint density at radius 2 is 0.628 bits per heavy atom. The molecule has 0 heterocycles. The van der Waals surface area contributed by atoms with Crippen molar-refractivity contribution in [1.82, 2.24) is 0 Å². The molecule has 0 atom stereocenters. The van der Waals surface area contributed by atoms with Crippen LogP contribution >= 0.6 is 41.5 Å². The van der Waals surface area contributed by atoms with Crippen LogP contribution < -0.4 is 0 Å². The Labute approximate surface area is 290 Å². The van der Waals surface area contributed by atoms with Crippen molar-refractivity contribution in [2.24, 2.45) is 0 Å². The van der Waals surface area contributed by atoms with E-state index in [0.717, 1.165) is 11.5 Å². The van der Waals surface area contributed by atoms with Crippen LogP contribution in [0.25, 0.3) is 0 Å². The van der Waals surface area contributed by atoms with E-state index in [9.17, 15) is 0 Å². The zero-order valence-corrected chi connectivity index (χ0v) is 33.2. The van der Waals surface area contributed by atoms with Crippen molar-refractivity contribution in [3.05, 3.63) is 0 Å². The standard InChI is InChI=1S/C36H75O2PS4/c1-3-5-7-9-11-13-15-17-19-21-23-25-27-29-33-42-35-31-37-39(40,41)38-32-36-43-34-30-28-26-24-22-20-18-16-14-12-10-8-6-4-2/h3-36H2,1-2H3,(H,40,41). The molecule has 0 unspecified atom stereocenters. The average Bonchev–Trinajstić information content (AvgIpc) is 3.00. The van der Waals surface area contributed by atoms with Crippen LogP contribution in [0.5, 0.6) is 0 Å². The first-order chi connectivity index (χ1) is 21.1. The van der Waals surface area contributed by atoms with Gasteiger partial charge >= 0.3 is 0 Å². The van der Waals surface area contributed by atoms with Crippen LogP contribution in [0.3, 0.4) is 0 Å². The van der Waals surface area contributed by atoms with Gasteiger partial charge in [-0.2, -0.15) is 23.5 Å². The summed E-state index contributed by atoms with van der Waals surface area (Å²) in [5.41, 5.74) is -2.37. The Kier molecular flexibility index (Phi) is 39.5. The van der Waals surface area contributed by atoms with Gasteiger partial charge in [-0.15, -0.1) is 0 Å². The molecule has 2 nitrogen and oxygen atoms in total. The molecular formula is C36H75O2PS4. The number of thiol groups is 1. The molecule has 0 fully saturated rings. The Morgan fingerprint density at radius 1 is 0.395 bits per heavy atom. The first-order valence-electron chi connectivity index (χ1n) is 18.9. The Morgan fingerprint density at radius 3 is 0.884 bits per heavy atom. The van der Waals surface area contributed by atoms with Gasteiger partial charge in [-0.3, -0.25) is 0 Å². The van der Waals surface area contributed by atoms with Gasteiger partial charge in [0.1, 0.15) is 0 Å². The molecule has 0 amide bonds. The minimum absolute atomic E-state index is 0.663. The minimum Gasteiger partial charge on any atom is -0.321 e. The summed E-state index contributed by atoms with van der Waals surface area (Å²) in [4.78, 5) is 0. The van der Waals surface area contributed by atoms with Crippen LogP contribution in [-0.2, 0) is 20.9 Å². The summed E-state index contributed by atoms with van der Waals surface area (Å²) in [6.07, 6.45) is 39.8. The quantitative estimate of drug-likeness (QED) is 0.0392. The highest BCUT2D eigenvalue weighted by atomic mass is 32.9. The predicted octanol–water partition coefficient (Wildman–Crippen LogP) is 14.6. The summed E-state index contributed by atoms with van der Waals surface area (Å²) in [6, 6.07) is 0. The second kappa shape index (κ2) is 38.1. The molecule has 0 aliphatic carbocycles. The van der Waals surface area contributed by atoms with Gasteiger partial charge in [-0.05, 0) is 36.2 Å². The van der Waals surface area contributed by atoms with Crippen LogP contribution in [0.4, 0.5) is 0 Å². The fourth-order valence-electron chi connectivity index (χ4n) is 5.46. The molecule has 0 saturated heterocycles. The monoisotopic (exact) mass is 698 g/mol. The lowest BCUT2D eigenvalue weighted by Gasteiger charge is -2.16. The van der Waals surface area contributed by atoms with E-state index in [1.807, 2.05) is 23.5 Å². The van der Waals surface area contributed by atoms with Gasteiger partial charge in [0.2, 0.25) is 5.69 Å². The Bertz CT molecular complexity index is 523. The van der Waals surface area contributed by atoms with Crippen LogP contribution in [0, 0.1) is 0 Å². The van der Waals surface area contributed by atoms with Gasteiger partial charge in [-0.25, -0.2) is 0 Å². The van der Waals surface area contributed by atoms with Crippen molar-refractivity contribution < 1.29 is 9.05 Å². The highest BCUT2D eigenvalue weighted by Crippen LogP contribution is 2.53. The molecule has 0 rings (SSSR count). The topological polar surface area (TPSA) is 18.5 Å². The maximum atomic E-state index is 5.82. The third-order valence-electron chi connectivity index (χ3n) is 8.25. The van der Waals surface area contributed by atoms with Gasteiger partial charge in [0, 0.05) is 11.5 Å². The maximum Gasteiger partial charge on any atom is 0.244 e. The summed E-state index contributed by atoms with van der Waals surface area (Å²) in [5, 5.41) is 0. The Balaban J connectivity index is 3.26. The van der Waals surface area contributed by atoms with Gasteiger partial charge in [0.05, 0.1) is 13.2 Å². The summed E-state index contributed by atoms with van der Waals surface area (Å²) in [5.74, 6) is 4.45. The zero-order chi connectivity index (χ0) is 31.4. The lowest BCUT2D eigenvalue weighted by molar-refractivity contribution is 0.284. The van der Waals surface area contributed by atoms with Crippen molar-refractivity contribution in [2.75, 3.05) is 36.2 Å². The zero-order valence-electron chi connectivity index (χ0n) is 29.0. The SMILES string of the molecule is CCCCCCCCCCCCCCCCSCCOP(=S)(S)OCCSCCCCCCCCCCCCCCCC. The van der Waals surface area contributed by atoms with Gasteiger partial charge < -0.3 is 9.05 Å². The number of hydrogen-bond acceptors (Lipinski definition) is 5. The maximum absolute atomic E-state index is 5.82. The summed E-state index contributed by atoms with van der Waals surface area (Å²) < 4.78 is 11.6. The van der Waals surface area contributed by atoms with E-state index in [1.54, 1.807) is 0 Å². The van der Waals surface area contributed by atoms with Crippen LogP contribution in [-0.4, -0.2) is 36.2 Å². The lowest BCUT2D eigenvalue weighted by Crippen LogP contribution is -1.99. The molecule has 0 bridgehead atoms. The Hall–Kier alpha value is 1.62. The van der Waals surface area contributed by atoms with E-state index in [1.165, 1.54) is 191 Å². The third-order valence-corrected chi connectivity index (χ3v) is 12.7. The van der Waals surface area contributed by atoms with Gasteiger partial charge in [-0.1, -0.05) is 193 Å². The smallest absolute Gasteiger partial charge is 0.244 e. The van der Waals surface area contributed by atoms with Crippen molar-refractivity contribution in [3.63, 3.8) is 0 Å². The number of hydrogen-bond donors (Lipinski definition) is 1. The number of rotatable bonds is 38. The third kappa shape index (κ3) is 39.7. The average molecular weight is 699 g/mol. The van der Waals surface area contributed by atoms with Gasteiger partial charge in [0.25, 0.3) is 0 Å². The summed E-state index contributed by atoms with van der Waals surface area (Å²) in [6.45, 7) is 5.92. The lowest BCUT2D eigenvalue weighted by atomic mass is 10.0. The molecule has 0 spiro atoms. The molecule has 7 heteroatoms. The second-order valence-electron chi connectivity index (χ2n) is 12.6. The molecule has 0 saturated carbocycles. The van der Waals surface area contributed by atoms with Crippen molar-refractivity contribution >= 4 is 53.3 Å². The van der Waals surface area contributed by atoms with Crippen molar-refractivity contribution in [2.45, 2.75) is 194 Å². The molecule has 0 aromatic rings. The minimum atomic E-state index is -2.37. The molecule has 0 aromatic heterocycles. The molecule has 0 aliphatic rings. The van der Waals surface area contributed by atoms with E-state index in [4.69, 9.17) is 20.9 Å². The molecular weight excluding hydrogens is 624 g/mol. The van der Waals surface area contributed by atoms with Crippen LogP contribution in [0.1, 0.15) is 194 Å². The molecule has 43 heavy (non-hydrogen) atoms. The van der Waals surface area contributed by atoms with Crippen molar-refractivity contribution in [1.29, 1.82) is 0 Å². The highest BCUT2D eigenvalue weighted by Gasteiger charge is 2.12. The van der Waals surface area contributed by atoms with E-state index in [2.05, 4.69) is 26.1 Å². The molecule has 0 N–H and O–H groups in total. The largest absolute Gasteiger partial charge is 0.321 e. The van der Waals surface area contributed by atoms with Crippen LogP contribution in [0.2, 0.25) is 0 Å². The van der Waals surface area contributed by atoms with Crippen molar-refractivity contribution in [3.8, 4) is 0 Å². The molecule has 0 aliphatic heterocycles. The number of unbranched alkanes of at least 4 members (excludes halogenated alkanes) is 26. The molecule has 0 aromatic carbocycles. The molecule has 0 radical (unpaired) electrons. The first-order valence-corrected chi connectivity index (χ1v) is 25.0. The highest BCUT2D eigenvalue weighted by molar-refractivity contribution is 8.60. The summed E-state index contributed by atoms with van der Waals surface area (Å²) in [7, 11) is 0. The van der Waals surface area contributed by atoms with E-state index >= 15 is 0 Å². The van der Waals surface area contributed by atoms with E-state index in [-0.39, 0.29) is 0 Å². The normalized spacial score (nSPS) is 12.0. The fourth-order valence-corrected chi connectivity index (χ4v) is 8.99. The summed E-state index contributed by atoms with van der Waals surface area (Å²) >= 11 is 14.0. The fraction of sp³-hybridized carbons (Fsp3) is 1.00. The first kappa shape index (κ1) is 44.6. The van der Waals surface area contributed by atoms with E-state index in [0.29, 0.717) is 13.2 Å². The predicted molar refractivity (Wildman–Crippen MR) is 210 cm³/mol.